The number of piperidine rings is 1. The maximum atomic E-state index is 14.9. The van der Waals surface area contributed by atoms with Gasteiger partial charge in [0, 0.05) is 43.1 Å². The van der Waals surface area contributed by atoms with Crippen LogP contribution in [-0.4, -0.2) is 62.7 Å². The lowest BCUT2D eigenvalue weighted by Crippen LogP contribution is -2.46. The van der Waals surface area contributed by atoms with Crippen molar-refractivity contribution in [3.63, 3.8) is 0 Å². The van der Waals surface area contributed by atoms with Gasteiger partial charge in [-0.05, 0) is 99.0 Å². The van der Waals surface area contributed by atoms with Crippen molar-refractivity contribution >= 4 is 17.4 Å². The number of hydrogen-bond donors (Lipinski definition) is 1. The summed E-state index contributed by atoms with van der Waals surface area (Å²) in [6.07, 6.45) is 3.94. The van der Waals surface area contributed by atoms with E-state index in [0.29, 0.717) is 67.2 Å². The third kappa shape index (κ3) is 7.74. The molecule has 0 unspecified atom stereocenters. The average Bonchev–Trinajstić information content (AvgIpc) is 3.34. The van der Waals surface area contributed by atoms with E-state index in [-0.39, 0.29) is 17.5 Å². The van der Waals surface area contributed by atoms with Gasteiger partial charge in [0.25, 0.3) is 0 Å². The zero-order chi connectivity index (χ0) is 32.5. The first-order valence-corrected chi connectivity index (χ1v) is 16.1. The highest BCUT2D eigenvalue weighted by Gasteiger charge is 2.37. The van der Waals surface area contributed by atoms with Crippen LogP contribution in [0.15, 0.2) is 18.2 Å². The number of aromatic nitrogens is 3. The second-order valence-electron chi connectivity index (χ2n) is 13.7. The SMILES string of the molecule is Cc1nc2cc3nn2c(c1[C@H](OC(C)(C)C)C(=O)O)N1CCC(C)(CC1)OCCCC[C@H](C)Oc1c(F)cc(F)cc1CCC3. The lowest BCUT2D eigenvalue weighted by Gasteiger charge is -2.41. The Balaban J connectivity index is 1.57. The summed E-state index contributed by atoms with van der Waals surface area (Å²) in [5, 5.41) is 15.3. The Morgan fingerprint density at radius 1 is 1.13 bits per heavy atom. The Bertz CT molecular complexity index is 1530. The van der Waals surface area contributed by atoms with Crippen LogP contribution in [0.25, 0.3) is 5.65 Å². The maximum Gasteiger partial charge on any atom is 0.337 e. The van der Waals surface area contributed by atoms with Crippen molar-refractivity contribution in [3.8, 4) is 5.75 Å². The minimum Gasteiger partial charge on any atom is -0.487 e. The van der Waals surface area contributed by atoms with Crippen molar-refractivity contribution in [1.29, 1.82) is 0 Å². The summed E-state index contributed by atoms with van der Waals surface area (Å²) in [7, 11) is 0. The van der Waals surface area contributed by atoms with Gasteiger partial charge >= 0.3 is 5.97 Å². The fourth-order valence-corrected chi connectivity index (χ4v) is 6.32. The Morgan fingerprint density at radius 3 is 2.56 bits per heavy atom. The van der Waals surface area contributed by atoms with Gasteiger partial charge in [0.05, 0.1) is 28.6 Å². The van der Waals surface area contributed by atoms with Crippen LogP contribution in [0.5, 0.6) is 5.75 Å². The number of anilines is 1. The minimum atomic E-state index is -1.25. The molecule has 11 heteroatoms. The Labute approximate surface area is 263 Å². The molecular formula is C34H46F2N4O5. The second-order valence-corrected chi connectivity index (χ2v) is 13.7. The first-order valence-electron chi connectivity index (χ1n) is 16.1. The quantitative estimate of drug-likeness (QED) is 0.340. The minimum absolute atomic E-state index is 0.102. The molecule has 2 atom stereocenters. The molecule has 0 amide bonds. The molecule has 246 valence electrons. The predicted molar refractivity (Wildman–Crippen MR) is 167 cm³/mol. The van der Waals surface area contributed by atoms with Gasteiger partial charge in [0.2, 0.25) is 0 Å². The molecule has 9 nitrogen and oxygen atoms in total. The molecule has 45 heavy (non-hydrogen) atoms. The zero-order valence-electron chi connectivity index (χ0n) is 27.3. The Morgan fingerprint density at radius 2 is 1.87 bits per heavy atom. The molecule has 0 radical (unpaired) electrons. The van der Waals surface area contributed by atoms with Crippen LogP contribution in [0.3, 0.4) is 0 Å². The summed E-state index contributed by atoms with van der Waals surface area (Å²) < 4.78 is 49.5. The Hall–Kier alpha value is -3.31. The van der Waals surface area contributed by atoms with Crippen molar-refractivity contribution < 1.29 is 32.9 Å². The van der Waals surface area contributed by atoms with Crippen molar-refractivity contribution in [2.45, 2.75) is 116 Å². The molecule has 2 aromatic heterocycles. The highest BCUT2D eigenvalue weighted by atomic mass is 19.1. The first-order chi connectivity index (χ1) is 21.2. The fourth-order valence-electron chi connectivity index (χ4n) is 6.32. The largest absolute Gasteiger partial charge is 0.487 e. The molecule has 1 saturated heterocycles. The van der Waals surface area contributed by atoms with Gasteiger partial charge in [0.15, 0.2) is 23.3 Å². The third-order valence-electron chi connectivity index (χ3n) is 8.67. The lowest BCUT2D eigenvalue weighted by molar-refractivity contribution is -0.160. The number of aliphatic carboxylic acids is 1. The maximum absolute atomic E-state index is 14.9. The van der Waals surface area contributed by atoms with Crippen LogP contribution >= 0.6 is 0 Å². The molecule has 4 bridgehead atoms. The molecule has 3 aromatic rings. The number of nitrogens with zero attached hydrogens (tertiary/aromatic N) is 4. The van der Waals surface area contributed by atoms with Gasteiger partial charge in [-0.25, -0.2) is 18.6 Å². The number of aryl methyl sites for hydroxylation is 3. The third-order valence-corrected chi connectivity index (χ3v) is 8.67. The highest BCUT2D eigenvalue weighted by Crippen LogP contribution is 2.38. The van der Waals surface area contributed by atoms with Gasteiger partial charge in [0.1, 0.15) is 11.6 Å². The number of fused-ring (bicyclic) bond motifs is 10. The molecule has 6 rings (SSSR count). The molecule has 3 aliphatic rings. The van der Waals surface area contributed by atoms with E-state index in [1.807, 2.05) is 40.7 Å². The predicted octanol–water partition coefficient (Wildman–Crippen LogP) is 6.76. The van der Waals surface area contributed by atoms with Crippen molar-refractivity contribution in [2.24, 2.45) is 0 Å². The van der Waals surface area contributed by atoms with Gasteiger partial charge in [-0.15, -0.1) is 0 Å². The number of carbonyl (C=O) groups is 1. The summed E-state index contributed by atoms with van der Waals surface area (Å²) in [5.41, 5.74) is 1.84. The van der Waals surface area contributed by atoms with E-state index in [0.717, 1.165) is 43.9 Å². The van der Waals surface area contributed by atoms with Gasteiger partial charge in [-0.2, -0.15) is 9.61 Å². The second kappa shape index (κ2) is 13.2. The van der Waals surface area contributed by atoms with E-state index in [2.05, 4.69) is 11.8 Å². The van der Waals surface area contributed by atoms with Crippen LogP contribution in [0.1, 0.15) is 102 Å². The lowest BCUT2D eigenvalue weighted by atomic mass is 9.92. The van der Waals surface area contributed by atoms with E-state index >= 15 is 0 Å². The molecule has 1 N–H and O–H groups in total. The summed E-state index contributed by atoms with van der Waals surface area (Å²) in [5.74, 6) is -1.67. The molecule has 5 heterocycles. The van der Waals surface area contributed by atoms with Crippen molar-refractivity contribution in [1.82, 2.24) is 14.6 Å². The van der Waals surface area contributed by atoms with Crippen LogP contribution in [0.2, 0.25) is 0 Å². The number of carboxylic acid groups (broad SMARTS) is 1. The molecular weight excluding hydrogens is 582 g/mol. The number of rotatable bonds is 3. The molecule has 1 aromatic carbocycles. The van der Waals surface area contributed by atoms with Gasteiger partial charge < -0.3 is 24.2 Å². The number of hydrogen-bond acceptors (Lipinski definition) is 7. The summed E-state index contributed by atoms with van der Waals surface area (Å²) >= 11 is 0. The molecule has 1 fully saturated rings. The van der Waals surface area contributed by atoms with E-state index in [4.69, 9.17) is 24.3 Å². The highest BCUT2D eigenvalue weighted by molar-refractivity contribution is 5.78. The van der Waals surface area contributed by atoms with E-state index in [1.165, 1.54) is 6.07 Å². The zero-order valence-corrected chi connectivity index (χ0v) is 27.3. The van der Waals surface area contributed by atoms with E-state index in [9.17, 15) is 18.7 Å². The van der Waals surface area contributed by atoms with Crippen molar-refractivity contribution in [3.05, 3.63) is 52.3 Å². The van der Waals surface area contributed by atoms with Crippen LogP contribution in [-0.2, 0) is 27.1 Å². The molecule has 0 spiro atoms. The normalized spacial score (nSPS) is 22.7. The molecule has 3 aliphatic heterocycles. The number of benzene rings is 1. The van der Waals surface area contributed by atoms with Crippen LogP contribution in [0, 0.1) is 18.6 Å². The fraction of sp³-hybridized carbons (Fsp3) is 0.618. The Kier molecular flexibility index (Phi) is 9.70. The molecule has 0 aliphatic carbocycles. The standard InChI is InChI=1S/C34H46F2N4O5/c1-21-10-7-8-17-43-34(6)13-15-39(16-14-34)31-28(30(32(41)42)45-33(3,4)5)22(2)37-27-20-25(38-40(27)31)12-9-11-23-18-24(35)19-26(36)29(23)44-21/h18-21,30H,7-17H2,1-6H3,(H,41,42)/t21-,30-/m0/s1. The van der Waals surface area contributed by atoms with Crippen LogP contribution in [0.4, 0.5) is 14.6 Å². The number of halogens is 2. The van der Waals surface area contributed by atoms with Crippen LogP contribution < -0.4 is 9.64 Å². The van der Waals surface area contributed by atoms with E-state index in [1.54, 1.807) is 4.52 Å². The monoisotopic (exact) mass is 628 g/mol. The average molecular weight is 629 g/mol. The summed E-state index contributed by atoms with van der Waals surface area (Å²) in [6, 6.07) is 4.10. The van der Waals surface area contributed by atoms with Crippen molar-refractivity contribution in [2.75, 3.05) is 24.6 Å². The number of carboxylic acids is 1. The summed E-state index contributed by atoms with van der Waals surface area (Å²) in [6.45, 7) is 13.2. The topological polar surface area (TPSA) is 98.4 Å². The first kappa shape index (κ1) is 33.1. The van der Waals surface area contributed by atoms with Gasteiger partial charge in [-0.3, -0.25) is 0 Å². The number of ether oxygens (including phenoxy) is 3. The molecule has 0 saturated carbocycles. The van der Waals surface area contributed by atoms with Gasteiger partial charge in [-0.1, -0.05) is 0 Å². The van der Waals surface area contributed by atoms with E-state index < -0.39 is 29.3 Å². The smallest absolute Gasteiger partial charge is 0.337 e. The summed E-state index contributed by atoms with van der Waals surface area (Å²) in [4.78, 5) is 19.6.